The predicted octanol–water partition coefficient (Wildman–Crippen LogP) is 1.92. The average molecular weight is 272 g/mol. The van der Waals surface area contributed by atoms with Crippen molar-refractivity contribution < 1.29 is 14.6 Å². The van der Waals surface area contributed by atoms with Gasteiger partial charge in [0.2, 0.25) is 5.85 Å². The quantitative estimate of drug-likeness (QED) is 0.820. The van der Waals surface area contributed by atoms with E-state index >= 15 is 0 Å². The summed E-state index contributed by atoms with van der Waals surface area (Å²) in [7, 11) is 0. The zero-order chi connectivity index (χ0) is 13.4. The third-order valence-corrected chi connectivity index (χ3v) is 7.69. The van der Waals surface area contributed by atoms with E-state index in [9.17, 15) is 14.6 Å². The largest absolute Gasteiger partial charge is 0.385 e. The van der Waals surface area contributed by atoms with E-state index in [4.69, 9.17) is 0 Å². The Balaban J connectivity index is 1.62. The standard InChI is InChI=1S/C17H17FO2/c18-17(20)13-9-6-8-10-11(9)15(17)14(10)16(19,12(8)13)7-4-2-1-3-5-7/h1-5,8-15,19-20H,6H2. The molecular formula is C17H17FO2. The highest BCUT2D eigenvalue weighted by Crippen LogP contribution is 2.89. The number of hydrogen-bond acceptors (Lipinski definition) is 2. The highest BCUT2D eigenvalue weighted by molar-refractivity contribution is 5.41. The molecule has 0 amide bonds. The lowest BCUT2D eigenvalue weighted by molar-refractivity contribution is -0.271. The lowest BCUT2D eigenvalue weighted by Crippen LogP contribution is -2.61. The molecule has 5 fully saturated rings. The molecule has 104 valence electrons. The van der Waals surface area contributed by atoms with Gasteiger partial charge in [0.1, 0.15) is 0 Å². The van der Waals surface area contributed by atoms with Crippen LogP contribution in [-0.4, -0.2) is 16.1 Å². The molecule has 5 aliphatic carbocycles. The van der Waals surface area contributed by atoms with E-state index in [0.717, 1.165) is 12.0 Å². The van der Waals surface area contributed by atoms with Gasteiger partial charge in [-0.15, -0.1) is 0 Å². The summed E-state index contributed by atoms with van der Waals surface area (Å²) in [4.78, 5) is 0. The van der Waals surface area contributed by atoms with Gasteiger partial charge in [-0.05, 0) is 35.7 Å². The molecule has 0 saturated heterocycles. The smallest absolute Gasteiger partial charge is 0.213 e. The van der Waals surface area contributed by atoms with Gasteiger partial charge in [0.05, 0.1) is 5.60 Å². The molecule has 3 heteroatoms. The third-order valence-electron chi connectivity index (χ3n) is 7.69. The molecule has 10 atom stereocenters. The molecule has 0 aromatic heterocycles. The van der Waals surface area contributed by atoms with Gasteiger partial charge in [-0.2, -0.15) is 0 Å². The Hall–Kier alpha value is -0.930. The van der Waals surface area contributed by atoms with Crippen LogP contribution in [0.25, 0.3) is 0 Å². The summed E-state index contributed by atoms with van der Waals surface area (Å²) in [5.74, 6) is -1.25. The lowest BCUT2D eigenvalue weighted by atomic mass is 9.53. The second-order valence-corrected chi connectivity index (χ2v) is 7.74. The first-order chi connectivity index (χ1) is 9.58. The first-order valence-corrected chi connectivity index (χ1v) is 7.77. The highest BCUT2D eigenvalue weighted by atomic mass is 19.2. The fraction of sp³-hybridized carbons (Fsp3) is 0.647. The Kier molecular flexibility index (Phi) is 1.46. The van der Waals surface area contributed by atoms with Crippen LogP contribution in [0.3, 0.4) is 0 Å². The summed E-state index contributed by atoms with van der Waals surface area (Å²) < 4.78 is 14.9. The minimum Gasteiger partial charge on any atom is -0.385 e. The molecule has 10 unspecified atom stereocenters. The summed E-state index contributed by atoms with van der Waals surface area (Å²) >= 11 is 0. The van der Waals surface area contributed by atoms with Crippen LogP contribution in [0.1, 0.15) is 12.0 Å². The van der Waals surface area contributed by atoms with Crippen LogP contribution in [0.15, 0.2) is 30.3 Å². The van der Waals surface area contributed by atoms with E-state index in [0.29, 0.717) is 23.7 Å². The second kappa shape index (κ2) is 2.71. The van der Waals surface area contributed by atoms with Crippen molar-refractivity contribution in [3.05, 3.63) is 35.9 Å². The fourth-order valence-corrected chi connectivity index (χ4v) is 7.62. The molecule has 2 nitrogen and oxygen atoms in total. The topological polar surface area (TPSA) is 40.5 Å². The maximum atomic E-state index is 14.9. The summed E-state index contributed by atoms with van der Waals surface area (Å²) in [6, 6.07) is 9.79. The third kappa shape index (κ3) is 0.742. The van der Waals surface area contributed by atoms with Crippen LogP contribution in [0.2, 0.25) is 0 Å². The first kappa shape index (κ1) is 10.7. The van der Waals surface area contributed by atoms with Crippen molar-refractivity contribution >= 4 is 0 Å². The minimum absolute atomic E-state index is 0.0661. The zero-order valence-corrected chi connectivity index (χ0v) is 11.0. The molecule has 2 N–H and O–H groups in total. The Morgan fingerprint density at radius 1 is 0.900 bits per heavy atom. The molecule has 2 bridgehead atoms. The van der Waals surface area contributed by atoms with E-state index in [1.54, 1.807) is 0 Å². The molecule has 5 saturated carbocycles. The lowest BCUT2D eigenvalue weighted by Gasteiger charge is -2.55. The molecule has 0 heterocycles. The van der Waals surface area contributed by atoms with Gasteiger partial charge in [-0.1, -0.05) is 30.3 Å². The Morgan fingerprint density at radius 3 is 2.30 bits per heavy atom. The van der Waals surface area contributed by atoms with Crippen LogP contribution in [0.4, 0.5) is 4.39 Å². The number of fused-ring (bicyclic) bond motifs is 2. The molecule has 0 aliphatic heterocycles. The maximum absolute atomic E-state index is 14.9. The van der Waals surface area contributed by atoms with E-state index < -0.39 is 11.5 Å². The number of rotatable bonds is 1. The van der Waals surface area contributed by atoms with Gasteiger partial charge in [0, 0.05) is 23.7 Å². The predicted molar refractivity (Wildman–Crippen MR) is 68.9 cm³/mol. The summed E-state index contributed by atoms with van der Waals surface area (Å²) in [6.07, 6.45) is 1.03. The molecule has 0 spiro atoms. The van der Waals surface area contributed by atoms with Crippen LogP contribution in [0, 0.1) is 47.3 Å². The molecule has 1 aromatic carbocycles. The monoisotopic (exact) mass is 272 g/mol. The number of halogens is 1. The van der Waals surface area contributed by atoms with Crippen molar-refractivity contribution in [1.82, 2.24) is 0 Å². The number of hydrogen-bond donors (Lipinski definition) is 2. The summed E-state index contributed by atoms with van der Waals surface area (Å²) in [6.45, 7) is 0. The van der Waals surface area contributed by atoms with Gasteiger partial charge in [-0.3, -0.25) is 0 Å². The van der Waals surface area contributed by atoms with Crippen molar-refractivity contribution in [3.63, 3.8) is 0 Å². The Labute approximate surface area is 116 Å². The van der Waals surface area contributed by atoms with Gasteiger partial charge in [0.15, 0.2) is 0 Å². The SMILES string of the molecule is OC1(F)C2C3CC4C5C3C1C5C(O)(c1ccccc1)C42. The van der Waals surface area contributed by atoms with Crippen molar-refractivity contribution in [2.75, 3.05) is 0 Å². The first-order valence-electron chi connectivity index (χ1n) is 7.77. The van der Waals surface area contributed by atoms with Gasteiger partial charge in [-0.25, -0.2) is 4.39 Å². The number of benzene rings is 1. The normalized spacial score (nSPS) is 67.0. The van der Waals surface area contributed by atoms with Gasteiger partial charge >= 0.3 is 0 Å². The van der Waals surface area contributed by atoms with Crippen LogP contribution >= 0.6 is 0 Å². The van der Waals surface area contributed by atoms with Crippen molar-refractivity contribution in [3.8, 4) is 0 Å². The second-order valence-electron chi connectivity index (χ2n) is 7.74. The molecule has 1 aromatic rings. The van der Waals surface area contributed by atoms with Crippen LogP contribution in [-0.2, 0) is 5.60 Å². The summed E-state index contributed by atoms with van der Waals surface area (Å²) in [5, 5.41) is 21.9. The van der Waals surface area contributed by atoms with E-state index in [1.165, 1.54) is 0 Å². The fourth-order valence-electron chi connectivity index (χ4n) is 7.62. The van der Waals surface area contributed by atoms with Crippen molar-refractivity contribution in [1.29, 1.82) is 0 Å². The summed E-state index contributed by atoms with van der Waals surface area (Å²) in [5.41, 5.74) is 0.0421. The number of aliphatic hydroxyl groups is 2. The van der Waals surface area contributed by atoms with Gasteiger partial charge < -0.3 is 10.2 Å². The van der Waals surface area contributed by atoms with E-state index in [1.807, 2.05) is 30.3 Å². The zero-order valence-electron chi connectivity index (χ0n) is 11.0. The van der Waals surface area contributed by atoms with Crippen molar-refractivity contribution in [2.45, 2.75) is 17.9 Å². The van der Waals surface area contributed by atoms with Crippen molar-refractivity contribution in [2.24, 2.45) is 47.3 Å². The minimum atomic E-state index is -2.02. The van der Waals surface area contributed by atoms with Crippen LogP contribution in [0.5, 0.6) is 0 Å². The molecular weight excluding hydrogens is 255 g/mol. The molecule has 6 rings (SSSR count). The maximum Gasteiger partial charge on any atom is 0.213 e. The van der Waals surface area contributed by atoms with Crippen LogP contribution < -0.4 is 0 Å². The van der Waals surface area contributed by atoms with E-state index in [-0.39, 0.29) is 23.7 Å². The Morgan fingerprint density at radius 2 is 1.55 bits per heavy atom. The Bertz CT molecular complexity index is 629. The number of alkyl halides is 1. The van der Waals surface area contributed by atoms with Gasteiger partial charge in [0.25, 0.3) is 0 Å². The molecule has 0 radical (unpaired) electrons. The highest BCUT2D eigenvalue weighted by Gasteiger charge is 2.91. The average Bonchev–Trinajstić information content (AvgIpc) is 2.91. The molecule has 5 aliphatic rings. The van der Waals surface area contributed by atoms with E-state index in [2.05, 4.69) is 0 Å². The molecule has 20 heavy (non-hydrogen) atoms.